The van der Waals surface area contributed by atoms with Gasteiger partial charge in [0.1, 0.15) is 17.5 Å². The number of rotatable bonds is 2. The first kappa shape index (κ1) is 13.6. The summed E-state index contributed by atoms with van der Waals surface area (Å²) in [6.45, 7) is 3.14. The molecule has 0 bridgehead atoms. The van der Waals surface area contributed by atoms with Crippen molar-refractivity contribution in [3.8, 4) is 0 Å². The van der Waals surface area contributed by atoms with Crippen molar-refractivity contribution in [3.05, 3.63) is 70.0 Å². The van der Waals surface area contributed by atoms with Gasteiger partial charge in [-0.05, 0) is 42.7 Å². The van der Waals surface area contributed by atoms with E-state index in [2.05, 4.69) is 0 Å². The standard InChI is InChI=1S/C15H14F3N/c1-8-3-5-10(7-12(8)17)15(19)13-11(16)6-4-9(2)14(13)18/h3-7,15H,19H2,1-2H3. The van der Waals surface area contributed by atoms with Gasteiger partial charge >= 0.3 is 0 Å². The quantitative estimate of drug-likeness (QED) is 0.878. The topological polar surface area (TPSA) is 26.0 Å². The zero-order valence-corrected chi connectivity index (χ0v) is 10.7. The molecule has 0 heterocycles. The van der Waals surface area contributed by atoms with Gasteiger partial charge in [0, 0.05) is 5.56 Å². The minimum Gasteiger partial charge on any atom is -0.320 e. The summed E-state index contributed by atoms with van der Waals surface area (Å²) in [6, 6.07) is 5.80. The van der Waals surface area contributed by atoms with Gasteiger partial charge in [-0.15, -0.1) is 0 Å². The predicted octanol–water partition coefficient (Wildman–Crippen LogP) is 3.77. The van der Waals surface area contributed by atoms with Crippen molar-refractivity contribution in [2.45, 2.75) is 19.9 Å². The molecule has 19 heavy (non-hydrogen) atoms. The maximum atomic E-state index is 14.0. The van der Waals surface area contributed by atoms with E-state index in [1.807, 2.05) is 0 Å². The molecule has 0 saturated carbocycles. The van der Waals surface area contributed by atoms with Gasteiger partial charge in [0.25, 0.3) is 0 Å². The van der Waals surface area contributed by atoms with E-state index >= 15 is 0 Å². The molecule has 0 aromatic heterocycles. The highest BCUT2D eigenvalue weighted by Gasteiger charge is 2.20. The van der Waals surface area contributed by atoms with Crippen molar-refractivity contribution < 1.29 is 13.2 Å². The molecule has 100 valence electrons. The van der Waals surface area contributed by atoms with Crippen LogP contribution in [-0.2, 0) is 0 Å². The summed E-state index contributed by atoms with van der Waals surface area (Å²) in [5.41, 5.74) is 6.73. The monoisotopic (exact) mass is 265 g/mol. The van der Waals surface area contributed by atoms with Gasteiger partial charge in [-0.3, -0.25) is 0 Å². The van der Waals surface area contributed by atoms with Crippen LogP contribution in [0.2, 0.25) is 0 Å². The highest BCUT2D eigenvalue weighted by atomic mass is 19.1. The predicted molar refractivity (Wildman–Crippen MR) is 68.3 cm³/mol. The third-order valence-electron chi connectivity index (χ3n) is 3.19. The smallest absolute Gasteiger partial charge is 0.134 e. The van der Waals surface area contributed by atoms with Crippen LogP contribution < -0.4 is 5.73 Å². The SMILES string of the molecule is Cc1ccc(C(N)c2c(F)ccc(C)c2F)cc1F. The molecule has 1 nitrogen and oxygen atoms in total. The molecule has 0 aliphatic heterocycles. The second-order valence-corrected chi connectivity index (χ2v) is 4.58. The van der Waals surface area contributed by atoms with Crippen LogP contribution in [0.1, 0.15) is 28.3 Å². The maximum Gasteiger partial charge on any atom is 0.134 e. The lowest BCUT2D eigenvalue weighted by molar-refractivity contribution is 0.536. The van der Waals surface area contributed by atoms with Crippen molar-refractivity contribution in [1.82, 2.24) is 0 Å². The summed E-state index contributed by atoms with van der Waals surface area (Å²) in [5, 5.41) is 0. The summed E-state index contributed by atoms with van der Waals surface area (Å²) >= 11 is 0. The highest BCUT2D eigenvalue weighted by Crippen LogP contribution is 2.27. The summed E-state index contributed by atoms with van der Waals surface area (Å²) in [5.74, 6) is -1.86. The molecular formula is C15H14F3N. The second kappa shape index (κ2) is 5.05. The van der Waals surface area contributed by atoms with E-state index in [4.69, 9.17) is 5.73 Å². The normalized spacial score (nSPS) is 12.5. The number of hydrogen-bond donors (Lipinski definition) is 1. The number of nitrogens with two attached hydrogens (primary N) is 1. The molecule has 2 aromatic rings. The first-order valence-electron chi connectivity index (χ1n) is 5.88. The van der Waals surface area contributed by atoms with Crippen LogP contribution in [0.5, 0.6) is 0 Å². The van der Waals surface area contributed by atoms with Crippen molar-refractivity contribution in [1.29, 1.82) is 0 Å². The van der Waals surface area contributed by atoms with Crippen LogP contribution in [0.15, 0.2) is 30.3 Å². The fraction of sp³-hybridized carbons (Fsp3) is 0.200. The van der Waals surface area contributed by atoms with Crippen molar-refractivity contribution in [3.63, 3.8) is 0 Å². The van der Waals surface area contributed by atoms with Gasteiger partial charge in [-0.25, -0.2) is 13.2 Å². The molecule has 0 aliphatic carbocycles. The van der Waals surface area contributed by atoms with E-state index < -0.39 is 23.5 Å². The number of benzene rings is 2. The fourth-order valence-corrected chi connectivity index (χ4v) is 1.93. The lowest BCUT2D eigenvalue weighted by Gasteiger charge is -2.16. The van der Waals surface area contributed by atoms with E-state index in [1.54, 1.807) is 13.0 Å². The first-order valence-corrected chi connectivity index (χ1v) is 5.88. The average molecular weight is 265 g/mol. The first-order chi connectivity index (χ1) is 8.91. The molecule has 0 fully saturated rings. The zero-order valence-electron chi connectivity index (χ0n) is 10.7. The zero-order chi connectivity index (χ0) is 14.2. The molecular weight excluding hydrogens is 251 g/mol. The minimum atomic E-state index is -1.03. The molecule has 0 saturated heterocycles. The van der Waals surface area contributed by atoms with E-state index in [0.717, 1.165) is 6.07 Å². The molecule has 2 N–H and O–H groups in total. The molecule has 1 unspecified atom stereocenters. The van der Waals surface area contributed by atoms with Crippen LogP contribution in [0, 0.1) is 31.3 Å². The lowest BCUT2D eigenvalue weighted by Crippen LogP contribution is -2.16. The molecule has 0 amide bonds. The van der Waals surface area contributed by atoms with Crippen LogP contribution in [-0.4, -0.2) is 0 Å². The molecule has 0 aliphatic rings. The Kier molecular flexibility index (Phi) is 3.62. The number of halogens is 3. The second-order valence-electron chi connectivity index (χ2n) is 4.58. The van der Waals surface area contributed by atoms with Crippen molar-refractivity contribution in [2.24, 2.45) is 5.73 Å². The Balaban J connectivity index is 2.52. The summed E-state index contributed by atoms with van der Waals surface area (Å²) in [4.78, 5) is 0. The van der Waals surface area contributed by atoms with E-state index in [-0.39, 0.29) is 5.56 Å². The van der Waals surface area contributed by atoms with Crippen LogP contribution >= 0.6 is 0 Å². The van der Waals surface area contributed by atoms with Gasteiger partial charge in [0.2, 0.25) is 0 Å². The largest absolute Gasteiger partial charge is 0.320 e. The number of aryl methyl sites for hydroxylation is 2. The Hall–Kier alpha value is -1.81. The highest BCUT2D eigenvalue weighted by molar-refractivity contribution is 5.37. The molecule has 0 spiro atoms. The Morgan fingerprint density at radius 1 is 0.895 bits per heavy atom. The maximum absolute atomic E-state index is 14.0. The third kappa shape index (κ3) is 2.49. The Labute approximate surface area is 109 Å². The lowest BCUT2D eigenvalue weighted by atomic mass is 9.96. The fourth-order valence-electron chi connectivity index (χ4n) is 1.93. The summed E-state index contributed by atoms with van der Waals surface area (Å²) < 4.78 is 41.2. The van der Waals surface area contributed by atoms with Crippen LogP contribution in [0.4, 0.5) is 13.2 Å². The van der Waals surface area contributed by atoms with E-state index in [9.17, 15) is 13.2 Å². The Bertz CT molecular complexity index is 623. The van der Waals surface area contributed by atoms with Crippen LogP contribution in [0.25, 0.3) is 0 Å². The summed E-state index contributed by atoms with van der Waals surface area (Å²) in [6.07, 6.45) is 0. The molecule has 0 radical (unpaired) electrons. The van der Waals surface area contributed by atoms with Gasteiger partial charge in [-0.1, -0.05) is 18.2 Å². The molecule has 2 aromatic carbocycles. The minimum absolute atomic E-state index is 0.233. The van der Waals surface area contributed by atoms with Crippen molar-refractivity contribution in [2.75, 3.05) is 0 Å². The third-order valence-corrected chi connectivity index (χ3v) is 3.19. The van der Waals surface area contributed by atoms with Crippen LogP contribution in [0.3, 0.4) is 0 Å². The van der Waals surface area contributed by atoms with Crippen molar-refractivity contribution >= 4 is 0 Å². The molecule has 1 atom stereocenters. The van der Waals surface area contributed by atoms with E-state index in [1.165, 1.54) is 25.1 Å². The number of hydrogen-bond acceptors (Lipinski definition) is 1. The Morgan fingerprint density at radius 3 is 2.16 bits per heavy atom. The summed E-state index contributed by atoms with van der Waals surface area (Å²) in [7, 11) is 0. The molecule has 4 heteroatoms. The average Bonchev–Trinajstić information content (AvgIpc) is 2.37. The van der Waals surface area contributed by atoms with E-state index in [0.29, 0.717) is 16.7 Å². The van der Waals surface area contributed by atoms with Gasteiger partial charge in [0.05, 0.1) is 6.04 Å². The van der Waals surface area contributed by atoms with Gasteiger partial charge < -0.3 is 5.73 Å². The van der Waals surface area contributed by atoms with Gasteiger partial charge in [0.15, 0.2) is 0 Å². The van der Waals surface area contributed by atoms with Gasteiger partial charge in [-0.2, -0.15) is 0 Å². The molecule has 2 rings (SSSR count). The Morgan fingerprint density at radius 2 is 1.53 bits per heavy atom.